The Morgan fingerprint density at radius 3 is 2.42 bits per heavy atom. The van der Waals surface area contributed by atoms with Gasteiger partial charge in [0.05, 0.1) is 6.61 Å². The van der Waals surface area contributed by atoms with Gasteiger partial charge in [-0.05, 0) is 32.4 Å². The van der Waals surface area contributed by atoms with E-state index in [1.165, 1.54) is 11.1 Å². The Bertz CT molecular complexity index is 581. The van der Waals surface area contributed by atoms with Gasteiger partial charge in [0.25, 0.3) is 0 Å². The molecule has 0 unspecified atom stereocenters. The SMILES string of the molecule is CCOC(=O)N1CCN(C(=O)CCNc2ccc(C)cc2C)CC1. The highest BCUT2D eigenvalue weighted by Crippen LogP contribution is 2.16. The Morgan fingerprint density at radius 2 is 1.79 bits per heavy atom. The summed E-state index contributed by atoms with van der Waals surface area (Å²) in [4.78, 5) is 27.4. The van der Waals surface area contributed by atoms with Crippen LogP contribution in [0.15, 0.2) is 18.2 Å². The summed E-state index contributed by atoms with van der Waals surface area (Å²) in [6.07, 6.45) is 0.160. The Hall–Kier alpha value is -2.24. The Kier molecular flexibility index (Phi) is 6.46. The van der Waals surface area contributed by atoms with Gasteiger partial charge in [0.2, 0.25) is 5.91 Å². The lowest BCUT2D eigenvalue weighted by Crippen LogP contribution is -2.50. The summed E-state index contributed by atoms with van der Waals surface area (Å²) in [6, 6.07) is 6.23. The fourth-order valence-electron chi connectivity index (χ4n) is 2.83. The number of anilines is 1. The lowest BCUT2D eigenvalue weighted by atomic mass is 10.1. The van der Waals surface area contributed by atoms with Crippen LogP contribution in [0, 0.1) is 13.8 Å². The normalized spacial score (nSPS) is 14.5. The number of amides is 2. The van der Waals surface area contributed by atoms with Crippen LogP contribution in [-0.4, -0.2) is 61.1 Å². The molecule has 0 bridgehead atoms. The van der Waals surface area contributed by atoms with Crippen LogP contribution in [-0.2, 0) is 9.53 Å². The number of carbonyl (C=O) groups is 2. The van der Waals surface area contributed by atoms with Gasteiger partial charge in [-0.2, -0.15) is 0 Å². The van der Waals surface area contributed by atoms with Crippen LogP contribution in [0.1, 0.15) is 24.5 Å². The van der Waals surface area contributed by atoms with Crippen LogP contribution >= 0.6 is 0 Å². The highest BCUT2D eigenvalue weighted by Gasteiger charge is 2.24. The van der Waals surface area contributed by atoms with Crippen molar-refractivity contribution in [1.82, 2.24) is 9.80 Å². The van der Waals surface area contributed by atoms with E-state index in [9.17, 15) is 9.59 Å². The first kappa shape index (κ1) is 18.1. The molecular formula is C18H27N3O3. The summed E-state index contributed by atoms with van der Waals surface area (Å²) in [6.45, 7) is 9.12. The van der Waals surface area contributed by atoms with Crippen LogP contribution in [0.5, 0.6) is 0 Å². The van der Waals surface area contributed by atoms with E-state index >= 15 is 0 Å². The third-order valence-electron chi connectivity index (χ3n) is 4.19. The highest BCUT2D eigenvalue weighted by atomic mass is 16.6. The molecule has 0 spiro atoms. The molecule has 1 aromatic rings. The molecule has 2 amide bonds. The highest BCUT2D eigenvalue weighted by molar-refractivity contribution is 5.77. The average molecular weight is 333 g/mol. The van der Waals surface area contributed by atoms with Crippen molar-refractivity contribution in [3.05, 3.63) is 29.3 Å². The first-order valence-corrected chi connectivity index (χ1v) is 8.52. The number of nitrogens with one attached hydrogen (secondary N) is 1. The summed E-state index contributed by atoms with van der Waals surface area (Å²) >= 11 is 0. The Morgan fingerprint density at radius 1 is 1.12 bits per heavy atom. The molecule has 1 aliphatic rings. The summed E-state index contributed by atoms with van der Waals surface area (Å²) in [5, 5.41) is 3.32. The fraction of sp³-hybridized carbons (Fsp3) is 0.556. The Balaban J connectivity index is 1.73. The van der Waals surface area contributed by atoms with E-state index in [0.717, 1.165) is 5.69 Å². The van der Waals surface area contributed by atoms with Gasteiger partial charge >= 0.3 is 6.09 Å². The summed E-state index contributed by atoms with van der Waals surface area (Å²) in [5.74, 6) is 0.121. The predicted molar refractivity (Wildman–Crippen MR) is 94.2 cm³/mol. The second kappa shape index (κ2) is 8.57. The smallest absolute Gasteiger partial charge is 0.409 e. The maximum atomic E-state index is 12.3. The van der Waals surface area contributed by atoms with Gasteiger partial charge in [0.15, 0.2) is 0 Å². The number of piperazine rings is 1. The quantitative estimate of drug-likeness (QED) is 0.899. The fourth-order valence-corrected chi connectivity index (χ4v) is 2.83. The van der Waals surface area contributed by atoms with E-state index in [1.54, 1.807) is 11.8 Å². The van der Waals surface area contributed by atoms with Gasteiger partial charge < -0.3 is 19.9 Å². The lowest BCUT2D eigenvalue weighted by molar-refractivity contribution is -0.132. The van der Waals surface area contributed by atoms with Gasteiger partial charge in [-0.15, -0.1) is 0 Å². The minimum absolute atomic E-state index is 0.121. The zero-order valence-electron chi connectivity index (χ0n) is 14.8. The van der Waals surface area contributed by atoms with Crippen molar-refractivity contribution in [1.29, 1.82) is 0 Å². The molecule has 1 saturated heterocycles. The van der Waals surface area contributed by atoms with Crippen molar-refractivity contribution in [2.75, 3.05) is 44.6 Å². The third-order valence-corrected chi connectivity index (χ3v) is 4.19. The second-order valence-corrected chi connectivity index (χ2v) is 6.06. The van der Waals surface area contributed by atoms with Gasteiger partial charge in [0.1, 0.15) is 0 Å². The molecule has 0 atom stereocenters. The molecule has 1 N–H and O–H groups in total. The number of hydrogen-bond acceptors (Lipinski definition) is 4. The zero-order valence-corrected chi connectivity index (χ0v) is 14.8. The van der Waals surface area contributed by atoms with Crippen LogP contribution in [0.2, 0.25) is 0 Å². The van der Waals surface area contributed by atoms with Crippen molar-refractivity contribution < 1.29 is 14.3 Å². The first-order chi connectivity index (χ1) is 11.5. The van der Waals surface area contributed by atoms with E-state index in [2.05, 4.69) is 31.3 Å². The minimum Gasteiger partial charge on any atom is -0.450 e. The lowest BCUT2D eigenvalue weighted by Gasteiger charge is -2.34. The number of rotatable bonds is 5. The molecule has 24 heavy (non-hydrogen) atoms. The first-order valence-electron chi connectivity index (χ1n) is 8.52. The molecule has 1 aliphatic heterocycles. The van der Waals surface area contributed by atoms with Crippen molar-refractivity contribution in [3.8, 4) is 0 Å². The van der Waals surface area contributed by atoms with Crippen molar-refractivity contribution in [2.24, 2.45) is 0 Å². The predicted octanol–water partition coefficient (Wildman–Crippen LogP) is 2.41. The number of nitrogens with zero attached hydrogens (tertiary/aromatic N) is 2. The van der Waals surface area contributed by atoms with Gasteiger partial charge in [0, 0.05) is 44.8 Å². The van der Waals surface area contributed by atoms with E-state index in [0.29, 0.717) is 45.8 Å². The molecule has 0 saturated carbocycles. The van der Waals surface area contributed by atoms with Crippen molar-refractivity contribution in [2.45, 2.75) is 27.2 Å². The number of hydrogen-bond donors (Lipinski definition) is 1. The molecule has 132 valence electrons. The van der Waals surface area contributed by atoms with Crippen molar-refractivity contribution >= 4 is 17.7 Å². The molecule has 0 aromatic heterocycles. The number of aryl methyl sites for hydroxylation is 2. The van der Waals surface area contributed by atoms with E-state index in [1.807, 2.05) is 11.0 Å². The Labute approximate surface area is 143 Å². The van der Waals surface area contributed by atoms with Crippen LogP contribution < -0.4 is 5.32 Å². The molecule has 0 radical (unpaired) electrons. The number of ether oxygens (including phenoxy) is 1. The third kappa shape index (κ3) is 4.88. The van der Waals surface area contributed by atoms with Crippen LogP contribution in [0.3, 0.4) is 0 Å². The molecule has 2 rings (SSSR count). The molecule has 1 heterocycles. The van der Waals surface area contributed by atoms with Crippen molar-refractivity contribution in [3.63, 3.8) is 0 Å². The molecule has 1 fully saturated rings. The van der Waals surface area contributed by atoms with Gasteiger partial charge in [-0.3, -0.25) is 4.79 Å². The zero-order chi connectivity index (χ0) is 17.5. The molecule has 6 nitrogen and oxygen atoms in total. The van der Waals surface area contributed by atoms with E-state index < -0.39 is 0 Å². The van der Waals surface area contributed by atoms with E-state index in [-0.39, 0.29) is 12.0 Å². The number of benzene rings is 1. The average Bonchev–Trinajstić information content (AvgIpc) is 2.57. The maximum Gasteiger partial charge on any atom is 0.409 e. The summed E-state index contributed by atoms with van der Waals surface area (Å²) in [5.41, 5.74) is 3.49. The topological polar surface area (TPSA) is 61.9 Å². The van der Waals surface area contributed by atoms with Crippen LogP contribution in [0.4, 0.5) is 10.5 Å². The number of carbonyl (C=O) groups excluding carboxylic acids is 2. The monoisotopic (exact) mass is 333 g/mol. The van der Waals surface area contributed by atoms with E-state index in [4.69, 9.17) is 4.74 Å². The molecule has 0 aliphatic carbocycles. The molecular weight excluding hydrogens is 306 g/mol. The maximum absolute atomic E-state index is 12.3. The minimum atomic E-state index is -0.291. The van der Waals surface area contributed by atoms with Crippen LogP contribution in [0.25, 0.3) is 0 Å². The second-order valence-electron chi connectivity index (χ2n) is 6.06. The van der Waals surface area contributed by atoms with Gasteiger partial charge in [-0.25, -0.2) is 4.79 Å². The summed E-state index contributed by atoms with van der Waals surface area (Å²) < 4.78 is 4.98. The van der Waals surface area contributed by atoms with Gasteiger partial charge in [-0.1, -0.05) is 17.7 Å². The molecule has 1 aromatic carbocycles. The standard InChI is InChI=1S/C18H27N3O3/c1-4-24-18(23)21-11-9-20(10-12-21)17(22)7-8-19-16-6-5-14(2)13-15(16)3/h5-6,13,19H,4,7-12H2,1-3H3. The largest absolute Gasteiger partial charge is 0.450 e. The molecule has 6 heteroatoms. The summed E-state index contributed by atoms with van der Waals surface area (Å²) in [7, 11) is 0.